The van der Waals surface area contributed by atoms with Crippen LogP contribution in [0, 0.1) is 5.92 Å². The zero-order valence-electron chi connectivity index (χ0n) is 15.1. The van der Waals surface area contributed by atoms with Crippen LogP contribution in [0.3, 0.4) is 0 Å². The van der Waals surface area contributed by atoms with Crippen LogP contribution in [-0.4, -0.2) is 19.7 Å². The van der Waals surface area contributed by atoms with E-state index in [9.17, 15) is 9.59 Å². The predicted octanol–water partition coefficient (Wildman–Crippen LogP) is 3.48. The Morgan fingerprint density at radius 3 is 2.39 bits per heavy atom. The Kier molecular flexibility index (Phi) is 5.33. The Hall–Kier alpha value is -1.58. The van der Waals surface area contributed by atoms with E-state index in [0.29, 0.717) is 17.9 Å². The molecular weight excluding hydrogens is 285 g/mol. The lowest BCUT2D eigenvalue weighted by Gasteiger charge is -2.30. The number of carbonyl (C=O) groups excluding carboxylic acids is 2. The Bertz CT molecular complexity index is 578. The van der Waals surface area contributed by atoms with E-state index in [1.807, 2.05) is 12.1 Å². The molecule has 0 N–H and O–H groups in total. The van der Waals surface area contributed by atoms with Crippen molar-refractivity contribution in [3.63, 3.8) is 0 Å². The van der Waals surface area contributed by atoms with E-state index >= 15 is 0 Å². The van der Waals surface area contributed by atoms with E-state index in [0.717, 1.165) is 19.3 Å². The highest BCUT2D eigenvalue weighted by Gasteiger charge is 2.39. The van der Waals surface area contributed by atoms with E-state index in [1.54, 1.807) is 0 Å². The molecule has 0 radical (unpaired) electrons. The van der Waals surface area contributed by atoms with Crippen LogP contribution in [0.2, 0.25) is 5.82 Å². The van der Waals surface area contributed by atoms with Crippen LogP contribution in [0.1, 0.15) is 58.9 Å². The van der Waals surface area contributed by atoms with Crippen molar-refractivity contribution >= 4 is 25.3 Å². The van der Waals surface area contributed by atoms with Crippen molar-refractivity contribution in [3.05, 3.63) is 29.8 Å². The third kappa shape index (κ3) is 3.51. The van der Waals surface area contributed by atoms with Crippen LogP contribution in [0.25, 0.3) is 0 Å². The number of hydrogen-bond donors (Lipinski definition) is 0. The van der Waals surface area contributed by atoms with E-state index in [1.165, 1.54) is 10.5 Å². The number of hydrogen-bond acceptors (Lipinski definition) is 2. The topological polar surface area (TPSA) is 37.4 Å². The molecule has 1 fully saturated rings. The molecule has 2 rings (SSSR count). The van der Waals surface area contributed by atoms with Crippen molar-refractivity contribution in [2.75, 3.05) is 4.90 Å². The SMILES string of the molecule is BC(C)C(C)(C)c1ccc(N2C(=O)CC(CCCC)C2=O)cc1. The van der Waals surface area contributed by atoms with E-state index in [2.05, 4.69) is 47.7 Å². The van der Waals surface area contributed by atoms with Gasteiger partial charge in [-0.15, -0.1) is 0 Å². The number of amides is 2. The van der Waals surface area contributed by atoms with Gasteiger partial charge in [-0.3, -0.25) is 14.5 Å². The highest BCUT2D eigenvalue weighted by Crippen LogP contribution is 2.35. The van der Waals surface area contributed by atoms with E-state index in [4.69, 9.17) is 0 Å². The second kappa shape index (κ2) is 6.90. The minimum atomic E-state index is -0.130. The molecular formula is C19H28BNO2. The number of carbonyl (C=O) groups is 2. The molecule has 0 spiro atoms. The van der Waals surface area contributed by atoms with Gasteiger partial charge in [0.2, 0.25) is 11.8 Å². The van der Waals surface area contributed by atoms with Crippen molar-refractivity contribution in [2.24, 2.45) is 5.92 Å². The van der Waals surface area contributed by atoms with Crippen molar-refractivity contribution in [1.82, 2.24) is 0 Å². The highest BCUT2D eigenvalue weighted by molar-refractivity contribution is 6.20. The summed E-state index contributed by atoms with van der Waals surface area (Å²) in [4.78, 5) is 26.2. The molecule has 2 unspecified atom stereocenters. The van der Waals surface area contributed by atoms with Gasteiger partial charge < -0.3 is 0 Å². The van der Waals surface area contributed by atoms with Crippen LogP contribution < -0.4 is 4.90 Å². The zero-order chi connectivity index (χ0) is 17.2. The van der Waals surface area contributed by atoms with Crippen molar-refractivity contribution in [2.45, 2.75) is 64.6 Å². The summed E-state index contributed by atoms with van der Waals surface area (Å²) in [7, 11) is 2.21. The van der Waals surface area contributed by atoms with Crippen molar-refractivity contribution in [3.8, 4) is 0 Å². The fourth-order valence-electron chi connectivity index (χ4n) is 3.02. The molecule has 23 heavy (non-hydrogen) atoms. The van der Waals surface area contributed by atoms with Crippen LogP contribution in [0.15, 0.2) is 24.3 Å². The Balaban J connectivity index is 2.19. The predicted molar refractivity (Wildman–Crippen MR) is 97.6 cm³/mol. The molecule has 124 valence electrons. The number of anilines is 1. The summed E-state index contributed by atoms with van der Waals surface area (Å²) in [6.45, 7) is 8.76. The molecule has 0 saturated carbocycles. The molecule has 1 aliphatic rings. The van der Waals surface area contributed by atoms with Gasteiger partial charge in [0.15, 0.2) is 0 Å². The number of nitrogens with zero attached hydrogens (tertiary/aromatic N) is 1. The van der Waals surface area contributed by atoms with Crippen LogP contribution in [-0.2, 0) is 15.0 Å². The molecule has 2 atom stereocenters. The summed E-state index contributed by atoms with van der Waals surface area (Å²) in [5.41, 5.74) is 2.02. The molecule has 1 aliphatic heterocycles. The van der Waals surface area contributed by atoms with Crippen molar-refractivity contribution < 1.29 is 9.59 Å². The maximum atomic E-state index is 12.5. The number of imide groups is 1. The number of benzene rings is 1. The molecule has 3 nitrogen and oxygen atoms in total. The molecule has 1 heterocycles. The molecule has 4 heteroatoms. The smallest absolute Gasteiger partial charge is 0.237 e. The first-order chi connectivity index (χ1) is 10.8. The summed E-state index contributed by atoms with van der Waals surface area (Å²) in [6.07, 6.45) is 3.23. The molecule has 1 aromatic rings. The number of rotatable bonds is 6. The Morgan fingerprint density at radius 1 is 1.26 bits per heavy atom. The zero-order valence-corrected chi connectivity index (χ0v) is 15.1. The van der Waals surface area contributed by atoms with Gasteiger partial charge in [0, 0.05) is 12.3 Å². The van der Waals surface area contributed by atoms with Crippen molar-refractivity contribution in [1.29, 1.82) is 0 Å². The summed E-state index contributed by atoms with van der Waals surface area (Å²) >= 11 is 0. The average Bonchev–Trinajstić information content (AvgIpc) is 2.79. The van der Waals surface area contributed by atoms with E-state index in [-0.39, 0.29) is 23.1 Å². The highest BCUT2D eigenvalue weighted by atomic mass is 16.2. The lowest BCUT2D eigenvalue weighted by atomic mass is 9.65. The lowest BCUT2D eigenvalue weighted by molar-refractivity contribution is -0.122. The summed E-state index contributed by atoms with van der Waals surface area (Å²) in [5, 5.41) is 0. The average molecular weight is 313 g/mol. The Labute approximate surface area is 140 Å². The normalized spacial score (nSPS) is 20.2. The lowest BCUT2D eigenvalue weighted by Crippen LogP contribution is -2.30. The monoisotopic (exact) mass is 313 g/mol. The van der Waals surface area contributed by atoms with Gasteiger partial charge in [-0.1, -0.05) is 58.5 Å². The minimum Gasteiger partial charge on any atom is -0.274 e. The third-order valence-corrected chi connectivity index (χ3v) is 5.46. The van der Waals surface area contributed by atoms with Gasteiger partial charge in [-0.2, -0.15) is 0 Å². The standard InChI is InChI=1S/C19H28BNO2/c1-5-6-7-14-12-17(22)21(18(14)23)16-10-8-15(9-11-16)19(3,4)13(2)20/h8-11,13-14H,5-7,12,20H2,1-4H3. The third-order valence-electron chi connectivity index (χ3n) is 5.46. The summed E-state index contributed by atoms with van der Waals surface area (Å²) < 4.78 is 0. The summed E-state index contributed by atoms with van der Waals surface area (Å²) in [5.74, 6) is 0.294. The molecule has 2 amide bonds. The molecule has 1 saturated heterocycles. The van der Waals surface area contributed by atoms with Crippen LogP contribution in [0.4, 0.5) is 5.69 Å². The van der Waals surface area contributed by atoms with Gasteiger partial charge in [0.1, 0.15) is 7.85 Å². The first-order valence-corrected chi connectivity index (χ1v) is 8.76. The second-order valence-electron chi connectivity index (χ2n) is 7.53. The first kappa shape index (κ1) is 17.8. The molecule has 0 aliphatic carbocycles. The fourth-order valence-corrected chi connectivity index (χ4v) is 3.02. The molecule has 0 bridgehead atoms. The maximum absolute atomic E-state index is 12.5. The van der Waals surface area contributed by atoms with Crippen LogP contribution in [0.5, 0.6) is 0 Å². The minimum absolute atomic E-state index is 0.0284. The van der Waals surface area contributed by atoms with Crippen LogP contribution >= 0.6 is 0 Å². The Morgan fingerprint density at radius 2 is 1.87 bits per heavy atom. The van der Waals surface area contributed by atoms with E-state index < -0.39 is 0 Å². The van der Waals surface area contributed by atoms with Gasteiger partial charge in [0.25, 0.3) is 0 Å². The van der Waals surface area contributed by atoms with Gasteiger partial charge in [-0.05, 0) is 29.5 Å². The largest absolute Gasteiger partial charge is 0.274 e. The molecule has 1 aromatic carbocycles. The van der Waals surface area contributed by atoms with Gasteiger partial charge >= 0.3 is 0 Å². The van der Waals surface area contributed by atoms with Gasteiger partial charge in [-0.25, -0.2) is 0 Å². The maximum Gasteiger partial charge on any atom is 0.237 e. The van der Waals surface area contributed by atoms with Gasteiger partial charge in [0.05, 0.1) is 5.69 Å². The fraction of sp³-hybridized carbons (Fsp3) is 0.579. The summed E-state index contributed by atoms with van der Waals surface area (Å²) in [6, 6.07) is 7.93. The second-order valence-corrected chi connectivity index (χ2v) is 7.53. The first-order valence-electron chi connectivity index (χ1n) is 8.76. The molecule has 0 aromatic heterocycles. The quantitative estimate of drug-likeness (QED) is 0.595. The number of unbranched alkanes of at least 4 members (excludes halogenated alkanes) is 1.